The van der Waals surface area contributed by atoms with Gasteiger partial charge in [0.05, 0.1) is 16.6 Å². The SMILES string of the molecule is O=c1c2ccc(Cl)cc2nc(SCc2ccccc2)n1-c1ccc(Cl)cc1. The van der Waals surface area contributed by atoms with Gasteiger partial charge in [0.15, 0.2) is 5.16 Å². The van der Waals surface area contributed by atoms with E-state index in [0.717, 1.165) is 11.3 Å². The highest BCUT2D eigenvalue weighted by Crippen LogP contribution is 2.26. The average molecular weight is 413 g/mol. The summed E-state index contributed by atoms with van der Waals surface area (Å²) in [5.41, 5.74) is 2.35. The summed E-state index contributed by atoms with van der Waals surface area (Å²) in [5, 5.41) is 2.31. The second kappa shape index (κ2) is 7.77. The number of aromatic nitrogens is 2. The number of fused-ring (bicyclic) bond motifs is 1. The van der Waals surface area contributed by atoms with Gasteiger partial charge in [-0.25, -0.2) is 4.98 Å². The van der Waals surface area contributed by atoms with Crippen molar-refractivity contribution >= 4 is 45.9 Å². The molecular weight excluding hydrogens is 399 g/mol. The van der Waals surface area contributed by atoms with E-state index < -0.39 is 0 Å². The Bertz CT molecular complexity index is 1160. The van der Waals surface area contributed by atoms with Crippen LogP contribution in [0.4, 0.5) is 0 Å². The molecule has 0 N–H and O–H groups in total. The van der Waals surface area contributed by atoms with Crippen molar-refractivity contribution in [3.8, 4) is 5.69 Å². The Hall–Kier alpha value is -2.27. The standard InChI is InChI=1S/C21H14Cl2N2OS/c22-15-6-9-17(10-7-15)25-20(26)18-11-8-16(23)12-19(18)24-21(25)27-13-14-4-2-1-3-5-14/h1-12H,13H2. The van der Waals surface area contributed by atoms with Gasteiger partial charge in [-0.15, -0.1) is 0 Å². The van der Waals surface area contributed by atoms with E-state index in [-0.39, 0.29) is 5.56 Å². The summed E-state index contributed by atoms with van der Waals surface area (Å²) in [6.07, 6.45) is 0. The van der Waals surface area contributed by atoms with Crippen LogP contribution >= 0.6 is 35.0 Å². The van der Waals surface area contributed by atoms with Crippen molar-refractivity contribution in [1.29, 1.82) is 0 Å². The first kappa shape index (κ1) is 18.1. The van der Waals surface area contributed by atoms with E-state index in [9.17, 15) is 4.79 Å². The molecule has 0 amide bonds. The number of benzene rings is 3. The first-order chi connectivity index (χ1) is 13.1. The van der Waals surface area contributed by atoms with Crippen molar-refractivity contribution in [3.63, 3.8) is 0 Å². The Morgan fingerprint density at radius 1 is 0.889 bits per heavy atom. The minimum absolute atomic E-state index is 0.130. The molecule has 0 spiro atoms. The molecule has 0 aliphatic rings. The quantitative estimate of drug-likeness (QED) is 0.305. The molecule has 0 aliphatic heterocycles. The van der Waals surface area contributed by atoms with Crippen LogP contribution in [0.2, 0.25) is 10.0 Å². The number of thioether (sulfide) groups is 1. The maximum absolute atomic E-state index is 13.2. The molecule has 1 heterocycles. The summed E-state index contributed by atoms with van der Waals surface area (Å²) in [5.74, 6) is 0.701. The van der Waals surface area contributed by atoms with Gasteiger partial charge in [0.1, 0.15) is 0 Å². The summed E-state index contributed by atoms with van der Waals surface area (Å²) in [7, 11) is 0. The van der Waals surface area contributed by atoms with Crippen LogP contribution in [0, 0.1) is 0 Å². The van der Waals surface area contributed by atoms with Crippen LogP contribution in [0.5, 0.6) is 0 Å². The highest BCUT2D eigenvalue weighted by Gasteiger charge is 2.14. The normalized spacial score (nSPS) is 11.0. The van der Waals surface area contributed by atoms with Crippen molar-refractivity contribution in [2.45, 2.75) is 10.9 Å². The van der Waals surface area contributed by atoms with Gasteiger partial charge in [-0.3, -0.25) is 9.36 Å². The molecule has 0 atom stereocenters. The zero-order valence-electron chi connectivity index (χ0n) is 14.1. The van der Waals surface area contributed by atoms with E-state index in [1.165, 1.54) is 11.8 Å². The number of halogens is 2. The first-order valence-electron chi connectivity index (χ1n) is 8.27. The molecule has 6 heteroatoms. The maximum atomic E-state index is 13.2. The zero-order chi connectivity index (χ0) is 18.8. The minimum Gasteiger partial charge on any atom is -0.268 e. The Kier molecular flexibility index (Phi) is 5.21. The molecule has 134 valence electrons. The van der Waals surface area contributed by atoms with Gasteiger partial charge in [-0.05, 0) is 48.0 Å². The van der Waals surface area contributed by atoms with Gasteiger partial charge >= 0.3 is 0 Å². The third-order valence-corrected chi connectivity index (χ3v) is 5.59. The smallest absolute Gasteiger partial charge is 0.266 e. The van der Waals surface area contributed by atoms with Crippen LogP contribution in [-0.4, -0.2) is 9.55 Å². The van der Waals surface area contributed by atoms with Gasteiger partial charge < -0.3 is 0 Å². The molecule has 3 nitrogen and oxygen atoms in total. The Balaban J connectivity index is 1.87. The van der Waals surface area contributed by atoms with Crippen LogP contribution in [-0.2, 0) is 5.75 Å². The lowest BCUT2D eigenvalue weighted by Gasteiger charge is -2.13. The van der Waals surface area contributed by atoms with Gasteiger partial charge in [0.25, 0.3) is 5.56 Å². The lowest BCUT2D eigenvalue weighted by molar-refractivity contribution is 0.819. The van der Waals surface area contributed by atoms with Crippen molar-refractivity contribution in [1.82, 2.24) is 9.55 Å². The summed E-state index contributed by atoms with van der Waals surface area (Å²) in [6, 6.07) is 22.4. The fourth-order valence-electron chi connectivity index (χ4n) is 2.78. The van der Waals surface area contributed by atoms with Crippen LogP contribution in [0.15, 0.2) is 82.7 Å². The molecule has 27 heavy (non-hydrogen) atoms. The second-order valence-corrected chi connectivity index (χ2v) is 7.76. The second-order valence-electron chi connectivity index (χ2n) is 5.95. The molecule has 0 radical (unpaired) electrons. The number of nitrogens with zero attached hydrogens (tertiary/aromatic N) is 2. The van der Waals surface area contributed by atoms with Crippen molar-refractivity contribution in [2.24, 2.45) is 0 Å². The molecule has 1 aromatic heterocycles. The molecule has 4 aromatic rings. The number of rotatable bonds is 4. The molecule has 0 aliphatic carbocycles. The summed E-state index contributed by atoms with van der Waals surface area (Å²) >= 11 is 13.6. The van der Waals surface area contributed by atoms with Gasteiger partial charge in [0.2, 0.25) is 0 Å². The minimum atomic E-state index is -0.130. The molecule has 0 fully saturated rings. The highest BCUT2D eigenvalue weighted by atomic mass is 35.5. The third-order valence-electron chi connectivity index (χ3n) is 4.10. The number of hydrogen-bond acceptors (Lipinski definition) is 3. The largest absolute Gasteiger partial charge is 0.268 e. The van der Waals surface area contributed by atoms with Crippen LogP contribution < -0.4 is 5.56 Å². The molecule has 0 saturated heterocycles. The third kappa shape index (κ3) is 3.88. The Morgan fingerprint density at radius 3 is 2.33 bits per heavy atom. The fourth-order valence-corrected chi connectivity index (χ4v) is 4.04. The monoisotopic (exact) mass is 412 g/mol. The topological polar surface area (TPSA) is 34.9 Å². The predicted octanol–water partition coefficient (Wildman–Crippen LogP) is 5.98. The summed E-state index contributed by atoms with van der Waals surface area (Å²) in [4.78, 5) is 17.9. The first-order valence-corrected chi connectivity index (χ1v) is 10.0. The van der Waals surface area contributed by atoms with E-state index in [2.05, 4.69) is 12.1 Å². The van der Waals surface area contributed by atoms with E-state index in [1.807, 2.05) is 30.3 Å². The van der Waals surface area contributed by atoms with Crippen molar-refractivity contribution < 1.29 is 0 Å². The molecule has 0 bridgehead atoms. The fraction of sp³-hybridized carbons (Fsp3) is 0.0476. The number of hydrogen-bond donors (Lipinski definition) is 0. The summed E-state index contributed by atoms with van der Waals surface area (Å²) < 4.78 is 1.63. The Labute approximate surface area is 170 Å². The van der Waals surface area contributed by atoms with Crippen LogP contribution in [0.25, 0.3) is 16.6 Å². The molecule has 3 aromatic carbocycles. The van der Waals surface area contributed by atoms with E-state index >= 15 is 0 Å². The average Bonchev–Trinajstić information content (AvgIpc) is 2.68. The van der Waals surface area contributed by atoms with Gasteiger partial charge in [0, 0.05) is 15.8 Å². The maximum Gasteiger partial charge on any atom is 0.266 e. The van der Waals surface area contributed by atoms with E-state index in [1.54, 1.807) is 34.9 Å². The predicted molar refractivity (Wildman–Crippen MR) is 113 cm³/mol. The molecular formula is C21H14Cl2N2OS. The van der Waals surface area contributed by atoms with Crippen LogP contribution in [0.3, 0.4) is 0 Å². The molecule has 0 saturated carbocycles. The van der Waals surface area contributed by atoms with E-state index in [4.69, 9.17) is 28.2 Å². The van der Waals surface area contributed by atoms with Crippen molar-refractivity contribution in [2.75, 3.05) is 0 Å². The van der Waals surface area contributed by atoms with Gasteiger partial charge in [-0.2, -0.15) is 0 Å². The molecule has 0 unspecified atom stereocenters. The lowest BCUT2D eigenvalue weighted by atomic mass is 10.2. The van der Waals surface area contributed by atoms with E-state index in [0.29, 0.717) is 31.9 Å². The molecule has 4 rings (SSSR count). The van der Waals surface area contributed by atoms with Crippen LogP contribution in [0.1, 0.15) is 5.56 Å². The Morgan fingerprint density at radius 2 is 1.59 bits per heavy atom. The van der Waals surface area contributed by atoms with Gasteiger partial charge in [-0.1, -0.05) is 65.3 Å². The lowest BCUT2D eigenvalue weighted by Crippen LogP contribution is -2.21. The zero-order valence-corrected chi connectivity index (χ0v) is 16.4. The highest BCUT2D eigenvalue weighted by molar-refractivity contribution is 7.98. The summed E-state index contributed by atoms with van der Waals surface area (Å²) in [6.45, 7) is 0. The van der Waals surface area contributed by atoms with Crippen molar-refractivity contribution in [3.05, 3.63) is 98.8 Å².